The highest BCUT2D eigenvalue weighted by Crippen LogP contribution is 2.21. The van der Waals surface area contributed by atoms with Crippen molar-refractivity contribution in [2.24, 2.45) is 0 Å². The van der Waals surface area contributed by atoms with E-state index in [9.17, 15) is 4.79 Å². The number of hydrogen-bond donors (Lipinski definition) is 2. The highest BCUT2D eigenvalue weighted by molar-refractivity contribution is 5.97. The summed E-state index contributed by atoms with van der Waals surface area (Å²) in [5.74, 6) is 0.433. The fraction of sp³-hybridized carbons (Fsp3) is 0.417. The summed E-state index contributed by atoms with van der Waals surface area (Å²) in [6.07, 6.45) is 0.901. The molecule has 0 unspecified atom stereocenters. The van der Waals surface area contributed by atoms with Crippen LogP contribution >= 0.6 is 0 Å². The maximum absolute atomic E-state index is 11.8. The van der Waals surface area contributed by atoms with Crippen LogP contribution < -0.4 is 15.8 Å². The Hall–Kier alpha value is -1.71. The summed E-state index contributed by atoms with van der Waals surface area (Å²) >= 11 is 0. The van der Waals surface area contributed by atoms with Gasteiger partial charge in [-0.15, -0.1) is 0 Å². The molecule has 0 spiro atoms. The van der Waals surface area contributed by atoms with Crippen molar-refractivity contribution in [3.05, 3.63) is 23.8 Å². The van der Waals surface area contributed by atoms with E-state index in [0.29, 0.717) is 30.2 Å². The molecule has 4 heteroatoms. The summed E-state index contributed by atoms with van der Waals surface area (Å²) in [4.78, 5) is 11.8. The molecule has 1 aromatic rings. The molecule has 0 aliphatic rings. The van der Waals surface area contributed by atoms with Crippen LogP contribution in [0.25, 0.3) is 0 Å². The Kier molecular flexibility index (Phi) is 4.64. The normalized spacial score (nSPS) is 9.88. The second-order valence-electron chi connectivity index (χ2n) is 3.44. The summed E-state index contributed by atoms with van der Waals surface area (Å²) < 4.78 is 5.38. The SMILES string of the molecule is CCCNC(=O)c1cc(N)ccc1OCC. The van der Waals surface area contributed by atoms with Gasteiger partial charge >= 0.3 is 0 Å². The van der Waals surface area contributed by atoms with Crippen molar-refractivity contribution in [1.82, 2.24) is 5.32 Å². The minimum Gasteiger partial charge on any atom is -0.493 e. The molecule has 88 valence electrons. The highest BCUT2D eigenvalue weighted by atomic mass is 16.5. The van der Waals surface area contributed by atoms with Crippen LogP contribution in [0.3, 0.4) is 0 Å². The fourth-order valence-electron chi connectivity index (χ4n) is 1.34. The number of ether oxygens (including phenoxy) is 1. The summed E-state index contributed by atoms with van der Waals surface area (Å²) in [5.41, 5.74) is 6.71. The van der Waals surface area contributed by atoms with E-state index in [0.717, 1.165) is 6.42 Å². The summed E-state index contributed by atoms with van der Waals surface area (Å²) in [7, 11) is 0. The molecular formula is C12H18N2O2. The Balaban J connectivity index is 2.90. The zero-order valence-corrected chi connectivity index (χ0v) is 9.75. The number of amides is 1. The van der Waals surface area contributed by atoms with Gasteiger partial charge in [0.05, 0.1) is 12.2 Å². The predicted molar refractivity (Wildman–Crippen MR) is 64.6 cm³/mol. The van der Waals surface area contributed by atoms with E-state index in [1.165, 1.54) is 0 Å². The van der Waals surface area contributed by atoms with Crippen molar-refractivity contribution in [3.63, 3.8) is 0 Å². The van der Waals surface area contributed by atoms with Gasteiger partial charge in [0.15, 0.2) is 0 Å². The molecule has 1 rings (SSSR count). The van der Waals surface area contributed by atoms with Crippen molar-refractivity contribution in [1.29, 1.82) is 0 Å². The Morgan fingerprint density at radius 2 is 2.19 bits per heavy atom. The Labute approximate surface area is 95.8 Å². The highest BCUT2D eigenvalue weighted by Gasteiger charge is 2.11. The third-order valence-corrected chi connectivity index (χ3v) is 2.08. The number of rotatable bonds is 5. The number of carbonyl (C=O) groups excluding carboxylic acids is 1. The van der Waals surface area contributed by atoms with Crippen LogP contribution in [0.15, 0.2) is 18.2 Å². The Morgan fingerprint density at radius 3 is 2.81 bits per heavy atom. The summed E-state index contributed by atoms with van der Waals surface area (Å²) in [5, 5.41) is 2.80. The first-order valence-electron chi connectivity index (χ1n) is 5.49. The van der Waals surface area contributed by atoms with E-state index in [1.807, 2.05) is 13.8 Å². The van der Waals surface area contributed by atoms with E-state index in [4.69, 9.17) is 10.5 Å². The first-order chi connectivity index (χ1) is 7.69. The maximum atomic E-state index is 11.8. The van der Waals surface area contributed by atoms with Gasteiger partial charge in [-0.2, -0.15) is 0 Å². The van der Waals surface area contributed by atoms with Gasteiger partial charge in [0, 0.05) is 12.2 Å². The standard InChI is InChI=1S/C12H18N2O2/c1-3-7-14-12(15)10-8-9(13)5-6-11(10)16-4-2/h5-6,8H,3-4,7,13H2,1-2H3,(H,14,15). The van der Waals surface area contributed by atoms with Crippen LogP contribution in [0, 0.1) is 0 Å². The van der Waals surface area contributed by atoms with Crippen LogP contribution in [-0.2, 0) is 0 Å². The van der Waals surface area contributed by atoms with Crippen LogP contribution in [0.2, 0.25) is 0 Å². The van der Waals surface area contributed by atoms with Gasteiger partial charge in [0.1, 0.15) is 5.75 Å². The molecule has 0 saturated heterocycles. The van der Waals surface area contributed by atoms with E-state index >= 15 is 0 Å². The average Bonchev–Trinajstić information content (AvgIpc) is 2.28. The van der Waals surface area contributed by atoms with Gasteiger partial charge in [-0.25, -0.2) is 0 Å². The number of nitrogens with one attached hydrogen (secondary N) is 1. The molecule has 0 bridgehead atoms. The number of nitrogen functional groups attached to an aromatic ring is 1. The van der Waals surface area contributed by atoms with Crippen molar-refractivity contribution in [3.8, 4) is 5.75 Å². The molecule has 0 aromatic heterocycles. The van der Waals surface area contributed by atoms with Gasteiger partial charge in [0.2, 0.25) is 0 Å². The lowest BCUT2D eigenvalue weighted by Crippen LogP contribution is -2.24. The molecule has 0 aliphatic heterocycles. The van der Waals surface area contributed by atoms with E-state index in [-0.39, 0.29) is 5.91 Å². The molecular weight excluding hydrogens is 204 g/mol. The maximum Gasteiger partial charge on any atom is 0.255 e. The zero-order chi connectivity index (χ0) is 12.0. The molecule has 1 amide bonds. The molecule has 0 saturated carbocycles. The van der Waals surface area contributed by atoms with E-state index in [2.05, 4.69) is 5.32 Å². The topological polar surface area (TPSA) is 64.4 Å². The minimum absolute atomic E-state index is 0.141. The number of carbonyl (C=O) groups is 1. The number of anilines is 1. The number of benzene rings is 1. The smallest absolute Gasteiger partial charge is 0.255 e. The third kappa shape index (κ3) is 3.15. The monoisotopic (exact) mass is 222 g/mol. The van der Waals surface area contributed by atoms with Crippen LogP contribution in [0.4, 0.5) is 5.69 Å². The second-order valence-corrected chi connectivity index (χ2v) is 3.44. The molecule has 16 heavy (non-hydrogen) atoms. The van der Waals surface area contributed by atoms with Crippen molar-refractivity contribution < 1.29 is 9.53 Å². The van der Waals surface area contributed by atoms with Crippen molar-refractivity contribution in [2.45, 2.75) is 20.3 Å². The van der Waals surface area contributed by atoms with E-state index in [1.54, 1.807) is 18.2 Å². The van der Waals surface area contributed by atoms with Gasteiger partial charge < -0.3 is 15.8 Å². The molecule has 0 radical (unpaired) electrons. The fourth-order valence-corrected chi connectivity index (χ4v) is 1.34. The average molecular weight is 222 g/mol. The van der Waals surface area contributed by atoms with Gasteiger partial charge in [-0.05, 0) is 31.5 Å². The third-order valence-electron chi connectivity index (χ3n) is 2.08. The molecule has 1 aromatic carbocycles. The van der Waals surface area contributed by atoms with Gasteiger partial charge in [-0.3, -0.25) is 4.79 Å². The van der Waals surface area contributed by atoms with Crippen LogP contribution in [0.1, 0.15) is 30.6 Å². The first kappa shape index (κ1) is 12.4. The molecule has 0 aliphatic carbocycles. The molecule has 0 fully saturated rings. The number of hydrogen-bond acceptors (Lipinski definition) is 3. The van der Waals surface area contributed by atoms with Gasteiger partial charge in [0.25, 0.3) is 5.91 Å². The minimum atomic E-state index is -0.141. The summed E-state index contributed by atoms with van der Waals surface area (Å²) in [6.45, 7) is 5.06. The number of nitrogens with two attached hydrogens (primary N) is 1. The summed E-state index contributed by atoms with van der Waals surface area (Å²) in [6, 6.07) is 5.08. The van der Waals surface area contributed by atoms with Crippen LogP contribution in [-0.4, -0.2) is 19.1 Å². The molecule has 0 atom stereocenters. The lowest BCUT2D eigenvalue weighted by molar-refractivity contribution is 0.0950. The predicted octanol–water partition coefficient (Wildman–Crippen LogP) is 1.81. The van der Waals surface area contributed by atoms with Crippen molar-refractivity contribution in [2.75, 3.05) is 18.9 Å². The second kappa shape index (κ2) is 6.00. The van der Waals surface area contributed by atoms with E-state index < -0.39 is 0 Å². The largest absolute Gasteiger partial charge is 0.493 e. The lowest BCUT2D eigenvalue weighted by Gasteiger charge is -2.10. The van der Waals surface area contributed by atoms with Crippen molar-refractivity contribution >= 4 is 11.6 Å². The quantitative estimate of drug-likeness (QED) is 0.747. The molecule has 3 N–H and O–H groups in total. The lowest BCUT2D eigenvalue weighted by atomic mass is 10.1. The Morgan fingerprint density at radius 1 is 1.44 bits per heavy atom. The van der Waals surface area contributed by atoms with Crippen LogP contribution in [0.5, 0.6) is 5.75 Å². The molecule has 4 nitrogen and oxygen atoms in total. The molecule has 0 heterocycles. The first-order valence-corrected chi connectivity index (χ1v) is 5.49. The zero-order valence-electron chi connectivity index (χ0n) is 9.75. The Bertz CT molecular complexity index is 364. The van der Waals surface area contributed by atoms with Gasteiger partial charge in [-0.1, -0.05) is 6.92 Å².